The van der Waals surface area contributed by atoms with Crippen molar-refractivity contribution in [2.24, 2.45) is 5.92 Å². The van der Waals surface area contributed by atoms with Crippen LogP contribution in [0, 0.1) is 5.92 Å². The second kappa shape index (κ2) is 8.34. The van der Waals surface area contributed by atoms with Gasteiger partial charge in [0.25, 0.3) is 5.91 Å². The van der Waals surface area contributed by atoms with Gasteiger partial charge in [0.2, 0.25) is 0 Å². The average molecular weight is 319 g/mol. The number of nitrogens with one attached hydrogen (secondary N) is 1. The SMILES string of the molecule is CCCCOc1ccc(NC(=O)C(C)(OCCC)C2CC2)cc1. The van der Waals surface area contributed by atoms with Crippen LogP contribution in [0.2, 0.25) is 0 Å². The first-order valence-electron chi connectivity index (χ1n) is 8.78. The molecule has 2 rings (SSSR count). The Kier molecular flexibility index (Phi) is 6.46. The third kappa shape index (κ3) is 4.96. The molecule has 1 aliphatic carbocycles. The largest absolute Gasteiger partial charge is 0.494 e. The molecule has 128 valence electrons. The molecule has 1 fully saturated rings. The summed E-state index contributed by atoms with van der Waals surface area (Å²) in [6, 6.07) is 7.55. The summed E-state index contributed by atoms with van der Waals surface area (Å²) in [5, 5.41) is 2.99. The second-order valence-electron chi connectivity index (χ2n) is 6.41. The summed E-state index contributed by atoms with van der Waals surface area (Å²) in [5.74, 6) is 1.13. The van der Waals surface area contributed by atoms with E-state index in [1.807, 2.05) is 31.2 Å². The van der Waals surface area contributed by atoms with Crippen molar-refractivity contribution in [2.45, 2.75) is 58.5 Å². The number of carbonyl (C=O) groups is 1. The van der Waals surface area contributed by atoms with E-state index in [0.717, 1.165) is 50.1 Å². The maximum absolute atomic E-state index is 12.7. The van der Waals surface area contributed by atoms with E-state index in [1.54, 1.807) is 0 Å². The van der Waals surface area contributed by atoms with Gasteiger partial charge in [-0.05, 0) is 62.8 Å². The van der Waals surface area contributed by atoms with Crippen LogP contribution in [-0.4, -0.2) is 24.7 Å². The molecule has 1 atom stereocenters. The molecule has 1 saturated carbocycles. The van der Waals surface area contributed by atoms with E-state index in [4.69, 9.17) is 9.47 Å². The molecule has 4 nitrogen and oxygen atoms in total. The van der Waals surface area contributed by atoms with E-state index >= 15 is 0 Å². The Hall–Kier alpha value is -1.55. The quantitative estimate of drug-likeness (QED) is 0.650. The molecule has 4 heteroatoms. The van der Waals surface area contributed by atoms with Crippen molar-refractivity contribution in [2.75, 3.05) is 18.5 Å². The van der Waals surface area contributed by atoms with Crippen LogP contribution < -0.4 is 10.1 Å². The van der Waals surface area contributed by atoms with Crippen molar-refractivity contribution >= 4 is 11.6 Å². The third-order valence-electron chi connectivity index (χ3n) is 4.29. The average Bonchev–Trinajstić information content (AvgIpc) is 3.39. The van der Waals surface area contributed by atoms with Gasteiger partial charge in [0.15, 0.2) is 0 Å². The number of carbonyl (C=O) groups excluding carboxylic acids is 1. The summed E-state index contributed by atoms with van der Waals surface area (Å²) in [5.41, 5.74) is 0.0663. The molecule has 0 radical (unpaired) electrons. The van der Waals surface area contributed by atoms with Gasteiger partial charge in [-0.3, -0.25) is 4.79 Å². The number of hydrogen-bond donors (Lipinski definition) is 1. The Balaban J connectivity index is 1.93. The number of unbranched alkanes of at least 4 members (excludes halogenated alkanes) is 1. The lowest BCUT2D eigenvalue weighted by Crippen LogP contribution is -2.45. The fourth-order valence-electron chi connectivity index (χ4n) is 2.54. The Morgan fingerprint density at radius 2 is 1.87 bits per heavy atom. The van der Waals surface area contributed by atoms with Crippen LogP contribution in [0.3, 0.4) is 0 Å². The highest BCUT2D eigenvalue weighted by atomic mass is 16.5. The first-order chi connectivity index (χ1) is 11.1. The van der Waals surface area contributed by atoms with Crippen LogP contribution in [0.25, 0.3) is 0 Å². The van der Waals surface area contributed by atoms with Gasteiger partial charge in [0.05, 0.1) is 6.61 Å². The molecular weight excluding hydrogens is 290 g/mol. The summed E-state index contributed by atoms with van der Waals surface area (Å²) in [7, 11) is 0. The molecule has 23 heavy (non-hydrogen) atoms. The van der Waals surface area contributed by atoms with Gasteiger partial charge in [0.1, 0.15) is 11.4 Å². The topological polar surface area (TPSA) is 47.6 Å². The van der Waals surface area contributed by atoms with Crippen molar-refractivity contribution in [1.82, 2.24) is 0 Å². The van der Waals surface area contributed by atoms with Crippen molar-refractivity contribution in [3.63, 3.8) is 0 Å². The zero-order valence-electron chi connectivity index (χ0n) is 14.6. The van der Waals surface area contributed by atoms with Gasteiger partial charge in [-0.1, -0.05) is 20.3 Å². The zero-order valence-corrected chi connectivity index (χ0v) is 14.6. The molecule has 1 unspecified atom stereocenters. The Morgan fingerprint density at radius 1 is 1.17 bits per heavy atom. The van der Waals surface area contributed by atoms with Crippen molar-refractivity contribution < 1.29 is 14.3 Å². The van der Waals surface area contributed by atoms with E-state index in [-0.39, 0.29) is 5.91 Å². The fraction of sp³-hybridized carbons (Fsp3) is 0.632. The standard InChI is InChI=1S/C19H29NO3/c1-4-6-14-22-17-11-9-16(10-12-17)20-18(21)19(3,15-7-8-15)23-13-5-2/h9-12,15H,4-8,13-14H2,1-3H3,(H,20,21). The molecule has 1 aromatic carbocycles. The smallest absolute Gasteiger partial charge is 0.256 e. The van der Waals surface area contributed by atoms with Crippen molar-refractivity contribution in [1.29, 1.82) is 0 Å². The van der Waals surface area contributed by atoms with E-state index < -0.39 is 5.60 Å². The lowest BCUT2D eigenvalue weighted by molar-refractivity contribution is -0.142. The monoisotopic (exact) mass is 319 g/mol. The first kappa shape index (κ1) is 17.8. The van der Waals surface area contributed by atoms with Gasteiger partial charge in [-0.2, -0.15) is 0 Å². The summed E-state index contributed by atoms with van der Waals surface area (Å²) < 4.78 is 11.5. The van der Waals surface area contributed by atoms with E-state index in [1.165, 1.54) is 0 Å². The van der Waals surface area contributed by atoms with E-state index in [2.05, 4.69) is 19.2 Å². The number of rotatable bonds is 10. The van der Waals surface area contributed by atoms with Crippen LogP contribution in [0.4, 0.5) is 5.69 Å². The second-order valence-corrected chi connectivity index (χ2v) is 6.41. The predicted molar refractivity (Wildman–Crippen MR) is 92.8 cm³/mol. The predicted octanol–water partition coefficient (Wildman–Crippen LogP) is 4.40. The Labute approximate surface area is 139 Å². The van der Waals surface area contributed by atoms with Crippen LogP contribution in [0.5, 0.6) is 5.75 Å². The molecule has 0 heterocycles. The number of ether oxygens (including phenoxy) is 2. The minimum Gasteiger partial charge on any atom is -0.494 e. The summed E-state index contributed by atoms with van der Waals surface area (Å²) in [6.45, 7) is 7.46. The highest BCUT2D eigenvalue weighted by Gasteiger charge is 2.48. The summed E-state index contributed by atoms with van der Waals surface area (Å²) >= 11 is 0. The van der Waals surface area contributed by atoms with Gasteiger partial charge in [-0.25, -0.2) is 0 Å². The molecule has 0 bridgehead atoms. The van der Waals surface area contributed by atoms with E-state index in [9.17, 15) is 4.79 Å². The first-order valence-corrected chi connectivity index (χ1v) is 8.78. The molecular formula is C19H29NO3. The summed E-state index contributed by atoms with van der Waals surface area (Å²) in [4.78, 5) is 12.7. The number of benzene rings is 1. The lowest BCUT2D eigenvalue weighted by Gasteiger charge is -2.28. The van der Waals surface area contributed by atoms with Crippen LogP contribution in [0.1, 0.15) is 52.9 Å². The van der Waals surface area contributed by atoms with Crippen molar-refractivity contribution in [3.05, 3.63) is 24.3 Å². The minimum atomic E-state index is -0.716. The van der Waals surface area contributed by atoms with Gasteiger partial charge in [0, 0.05) is 12.3 Å². The third-order valence-corrected chi connectivity index (χ3v) is 4.29. The number of hydrogen-bond acceptors (Lipinski definition) is 3. The minimum absolute atomic E-state index is 0.0481. The van der Waals surface area contributed by atoms with Crippen molar-refractivity contribution in [3.8, 4) is 5.75 Å². The lowest BCUT2D eigenvalue weighted by atomic mass is 9.98. The van der Waals surface area contributed by atoms with Crippen LogP contribution in [-0.2, 0) is 9.53 Å². The molecule has 0 aromatic heterocycles. The molecule has 1 aliphatic rings. The Morgan fingerprint density at radius 3 is 2.43 bits per heavy atom. The number of anilines is 1. The summed E-state index contributed by atoms with van der Waals surface area (Å²) in [6.07, 6.45) is 5.22. The zero-order chi connectivity index (χ0) is 16.7. The molecule has 1 N–H and O–H groups in total. The molecule has 1 aromatic rings. The number of amides is 1. The Bertz CT molecular complexity index is 496. The molecule has 0 aliphatic heterocycles. The normalized spacial score (nSPS) is 16.7. The fourth-order valence-corrected chi connectivity index (χ4v) is 2.54. The molecule has 1 amide bonds. The molecule has 0 saturated heterocycles. The van der Waals surface area contributed by atoms with E-state index in [0.29, 0.717) is 12.5 Å². The van der Waals surface area contributed by atoms with Crippen LogP contribution >= 0.6 is 0 Å². The highest BCUT2D eigenvalue weighted by molar-refractivity contribution is 5.97. The highest BCUT2D eigenvalue weighted by Crippen LogP contribution is 2.42. The van der Waals surface area contributed by atoms with Crippen LogP contribution in [0.15, 0.2) is 24.3 Å². The van der Waals surface area contributed by atoms with Gasteiger partial charge >= 0.3 is 0 Å². The van der Waals surface area contributed by atoms with Gasteiger partial charge < -0.3 is 14.8 Å². The maximum atomic E-state index is 12.7. The van der Waals surface area contributed by atoms with Gasteiger partial charge in [-0.15, -0.1) is 0 Å². The molecule has 0 spiro atoms. The maximum Gasteiger partial charge on any atom is 0.256 e.